The van der Waals surface area contributed by atoms with Crippen LogP contribution in [0.2, 0.25) is 0 Å². The van der Waals surface area contributed by atoms with Gasteiger partial charge in [-0.25, -0.2) is 13.5 Å². The molecule has 4 rings (SSSR count). The van der Waals surface area contributed by atoms with Gasteiger partial charge in [-0.1, -0.05) is 24.3 Å². The number of carbonyl (C=O) groups is 1. The lowest BCUT2D eigenvalue weighted by molar-refractivity contribution is 0.0943. The van der Waals surface area contributed by atoms with E-state index >= 15 is 0 Å². The van der Waals surface area contributed by atoms with Crippen molar-refractivity contribution in [3.8, 4) is 5.69 Å². The number of hydrogen-bond acceptors (Lipinski definition) is 3. The number of benzene rings is 3. The number of hydrogen-bond donors (Lipinski definition) is 1. The lowest BCUT2D eigenvalue weighted by Gasteiger charge is -2.12. The molecule has 0 spiro atoms. The summed E-state index contributed by atoms with van der Waals surface area (Å²) in [6.45, 7) is 0.115. The van der Waals surface area contributed by atoms with Crippen LogP contribution in [0.3, 0.4) is 0 Å². The van der Waals surface area contributed by atoms with Gasteiger partial charge in [0.25, 0.3) is 5.91 Å². The standard InChI is InChI=1S/C22H15F2N3O2/c23-15-7-5-14(6-8-15)13-25-22(29)20-21(28)18-3-1-2-4-19(18)27(26-20)17-11-9-16(24)10-12-17/h1-12H,13H2,(H,25,29). The molecule has 7 heteroatoms. The van der Waals surface area contributed by atoms with Crippen LogP contribution in [0.15, 0.2) is 77.6 Å². The Morgan fingerprint density at radius 2 is 1.52 bits per heavy atom. The Kier molecular flexibility index (Phi) is 4.87. The minimum absolute atomic E-state index is 0.115. The number of aromatic nitrogens is 2. The Labute approximate surface area is 164 Å². The molecule has 1 heterocycles. The molecule has 0 atom stereocenters. The first-order chi connectivity index (χ1) is 14.0. The molecular formula is C22H15F2N3O2. The zero-order valence-corrected chi connectivity index (χ0v) is 15.1. The number of halogens is 2. The molecule has 0 bridgehead atoms. The maximum Gasteiger partial charge on any atom is 0.276 e. The maximum absolute atomic E-state index is 13.3. The van der Waals surface area contributed by atoms with Crippen LogP contribution in [0.1, 0.15) is 16.1 Å². The number of amides is 1. The predicted molar refractivity (Wildman–Crippen MR) is 105 cm³/mol. The van der Waals surface area contributed by atoms with Gasteiger partial charge in [-0.2, -0.15) is 5.10 Å². The summed E-state index contributed by atoms with van der Waals surface area (Å²) in [5, 5.41) is 7.19. The van der Waals surface area contributed by atoms with Crippen LogP contribution in [0.25, 0.3) is 16.6 Å². The van der Waals surface area contributed by atoms with Crippen LogP contribution in [0.5, 0.6) is 0 Å². The van der Waals surface area contributed by atoms with E-state index in [0.717, 1.165) is 0 Å². The number of nitrogens with zero attached hydrogens (tertiary/aromatic N) is 2. The molecule has 144 valence electrons. The quantitative estimate of drug-likeness (QED) is 0.578. The largest absolute Gasteiger partial charge is 0.346 e. The van der Waals surface area contributed by atoms with Crippen molar-refractivity contribution < 1.29 is 13.6 Å². The second-order valence-electron chi connectivity index (χ2n) is 6.39. The summed E-state index contributed by atoms with van der Waals surface area (Å²) in [5.41, 5.74) is 0.902. The van der Waals surface area contributed by atoms with E-state index in [4.69, 9.17) is 0 Å². The summed E-state index contributed by atoms with van der Waals surface area (Å²) in [6, 6.07) is 18.0. The number of nitrogens with one attached hydrogen (secondary N) is 1. The van der Waals surface area contributed by atoms with Crippen molar-refractivity contribution in [2.24, 2.45) is 0 Å². The molecule has 0 fully saturated rings. The van der Waals surface area contributed by atoms with Crippen molar-refractivity contribution in [3.05, 3.63) is 106 Å². The normalized spacial score (nSPS) is 10.8. The van der Waals surface area contributed by atoms with Crippen LogP contribution in [-0.2, 0) is 6.54 Å². The zero-order valence-electron chi connectivity index (χ0n) is 15.1. The lowest BCUT2D eigenvalue weighted by Crippen LogP contribution is -2.31. The van der Waals surface area contributed by atoms with Crippen molar-refractivity contribution in [2.75, 3.05) is 0 Å². The Balaban J connectivity index is 1.74. The zero-order chi connectivity index (χ0) is 20.4. The Morgan fingerprint density at radius 3 is 2.21 bits per heavy atom. The maximum atomic E-state index is 13.3. The summed E-state index contributed by atoms with van der Waals surface area (Å²) < 4.78 is 27.8. The van der Waals surface area contributed by atoms with Gasteiger partial charge in [0.15, 0.2) is 5.69 Å². The van der Waals surface area contributed by atoms with Crippen LogP contribution >= 0.6 is 0 Å². The fraction of sp³-hybridized carbons (Fsp3) is 0.0455. The third kappa shape index (κ3) is 3.75. The van der Waals surface area contributed by atoms with E-state index in [9.17, 15) is 18.4 Å². The summed E-state index contributed by atoms with van der Waals surface area (Å²) in [5.74, 6) is -1.43. The molecule has 3 aromatic carbocycles. The van der Waals surface area contributed by atoms with Crippen molar-refractivity contribution in [3.63, 3.8) is 0 Å². The van der Waals surface area contributed by atoms with E-state index < -0.39 is 17.2 Å². The second kappa shape index (κ2) is 7.63. The molecule has 4 aromatic rings. The van der Waals surface area contributed by atoms with Gasteiger partial charge in [-0.05, 0) is 54.1 Å². The molecule has 0 saturated carbocycles. The molecule has 1 aromatic heterocycles. The molecule has 1 amide bonds. The smallest absolute Gasteiger partial charge is 0.276 e. The summed E-state index contributed by atoms with van der Waals surface area (Å²) in [7, 11) is 0. The average Bonchev–Trinajstić information content (AvgIpc) is 2.74. The topological polar surface area (TPSA) is 64.0 Å². The van der Waals surface area contributed by atoms with Crippen LogP contribution < -0.4 is 10.7 Å². The molecule has 0 aliphatic carbocycles. The minimum atomic E-state index is -0.652. The third-order valence-corrected chi connectivity index (χ3v) is 4.44. The minimum Gasteiger partial charge on any atom is -0.346 e. The first kappa shape index (κ1) is 18.5. The average molecular weight is 391 g/mol. The molecule has 0 saturated heterocycles. The summed E-state index contributed by atoms with van der Waals surface area (Å²) in [6.07, 6.45) is 0. The molecule has 29 heavy (non-hydrogen) atoms. The molecule has 1 N–H and O–H groups in total. The molecule has 0 unspecified atom stereocenters. The van der Waals surface area contributed by atoms with Crippen LogP contribution in [0.4, 0.5) is 8.78 Å². The fourth-order valence-corrected chi connectivity index (χ4v) is 2.97. The molecule has 0 aliphatic heterocycles. The SMILES string of the molecule is O=C(NCc1ccc(F)cc1)c1nn(-c2ccc(F)cc2)c2ccccc2c1=O. The van der Waals surface area contributed by atoms with Gasteiger partial charge >= 0.3 is 0 Å². The van der Waals surface area contributed by atoms with E-state index in [2.05, 4.69) is 10.4 Å². The van der Waals surface area contributed by atoms with Crippen molar-refractivity contribution in [2.45, 2.75) is 6.54 Å². The highest BCUT2D eigenvalue weighted by Crippen LogP contribution is 2.16. The van der Waals surface area contributed by atoms with Gasteiger partial charge < -0.3 is 5.32 Å². The Hall–Kier alpha value is -3.87. The van der Waals surface area contributed by atoms with E-state index in [1.54, 1.807) is 36.4 Å². The second-order valence-corrected chi connectivity index (χ2v) is 6.39. The van der Waals surface area contributed by atoms with Crippen molar-refractivity contribution in [1.29, 1.82) is 0 Å². The third-order valence-electron chi connectivity index (χ3n) is 4.44. The highest BCUT2D eigenvalue weighted by atomic mass is 19.1. The molecular weight excluding hydrogens is 376 g/mol. The number of para-hydroxylation sites is 1. The summed E-state index contributed by atoms with van der Waals surface area (Å²) >= 11 is 0. The highest BCUT2D eigenvalue weighted by molar-refractivity contribution is 5.95. The van der Waals surface area contributed by atoms with Gasteiger partial charge in [0.05, 0.1) is 16.6 Å². The monoisotopic (exact) mass is 391 g/mol. The van der Waals surface area contributed by atoms with Crippen LogP contribution in [-0.4, -0.2) is 15.7 Å². The first-order valence-electron chi connectivity index (χ1n) is 8.83. The highest BCUT2D eigenvalue weighted by Gasteiger charge is 2.18. The number of fused-ring (bicyclic) bond motifs is 1. The van der Waals surface area contributed by atoms with E-state index in [1.807, 2.05) is 0 Å². The molecule has 0 radical (unpaired) electrons. The Morgan fingerprint density at radius 1 is 0.897 bits per heavy atom. The Bertz CT molecular complexity index is 1250. The van der Waals surface area contributed by atoms with E-state index in [1.165, 1.54) is 41.1 Å². The van der Waals surface area contributed by atoms with Gasteiger partial charge in [-0.15, -0.1) is 0 Å². The van der Waals surface area contributed by atoms with Gasteiger partial charge in [0.2, 0.25) is 5.43 Å². The first-order valence-corrected chi connectivity index (χ1v) is 8.83. The predicted octanol–water partition coefficient (Wildman–Crippen LogP) is 3.59. The molecule has 5 nitrogen and oxygen atoms in total. The van der Waals surface area contributed by atoms with Crippen molar-refractivity contribution >= 4 is 16.8 Å². The van der Waals surface area contributed by atoms with Gasteiger partial charge in [-0.3, -0.25) is 9.59 Å². The van der Waals surface area contributed by atoms with E-state index in [0.29, 0.717) is 22.2 Å². The molecule has 0 aliphatic rings. The van der Waals surface area contributed by atoms with E-state index in [-0.39, 0.29) is 18.1 Å². The number of carbonyl (C=O) groups excluding carboxylic acids is 1. The van der Waals surface area contributed by atoms with Crippen LogP contribution in [0, 0.1) is 11.6 Å². The van der Waals surface area contributed by atoms with Gasteiger partial charge in [0, 0.05) is 6.54 Å². The lowest BCUT2D eigenvalue weighted by atomic mass is 10.1. The fourth-order valence-electron chi connectivity index (χ4n) is 2.97. The summed E-state index contributed by atoms with van der Waals surface area (Å²) in [4.78, 5) is 25.5. The van der Waals surface area contributed by atoms with Gasteiger partial charge in [0.1, 0.15) is 11.6 Å². The number of rotatable bonds is 4. The van der Waals surface area contributed by atoms with Crippen molar-refractivity contribution in [1.82, 2.24) is 15.1 Å².